The average Bonchev–Trinajstić information content (AvgIpc) is 3.32. The highest BCUT2D eigenvalue weighted by Crippen LogP contribution is 2.37. The number of hydrogen-bond donors (Lipinski definition) is 0. The molecule has 3 heteroatoms. The summed E-state index contributed by atoms with van der Waals surface area (Å²) in [6.07, 6.45) is 4.36. The Balaban J connectivity index is 1.54. The minimum absolute atomic E-state index is 0.645. The Morgan fingerprint density at radius 3 is 1.63 bits per heavy atom. The van der Waals surface area contributed by atoms with Gasteiger partial charge in [0.2, 0.25) is 0 Å². The molecule has 0 aromatic heterocycles. The molecule has 1 heterocycles. The summed E-state index contributed by atoms with van der Waals surface area (Å²) in [4.78, 5) is 4.63. The zero-order valence-corrected chi connectivity index (χ0v) is 17.6. The molecule has 0 N–H and O–H groups in total. The molecule has 0 aliphatic carbocycles. The van der Waals surface area contributed by atoms with Crippen molar-refractivity contribution in [2.24, 2.45) is 0 Å². The van der Waals surface area contributed by atoms with Crippen molar-refractivity contribution in [3.63, 3.8) is 0 Å². The third-order valence-electron chi connectivity index (χ3n) is 5.28. The Labute approximate surface area is 179 Å². The molecule has 0 radical (unpaired) electrons. The summed E-state index contributed by atoms with van der Waals surface area (Å²) in [5, 5.41) is 4.12. The molecule has 0 amide bonds. The Bertz CT molecular complexity index is 1090. The lowest BCUT2D eigenvalue weighted by molar-refractivity contribution is 0.978. The van der Waals surface area contributed by atoms with Crippen molar-refractivity contribution in [1.29, 1.82) is 0 Å². The van der Waals surface area contributed by atoms with Crippen LogP contribution in [0.5, 0.6) is 0 Å². The van der Waals surface area contributed by atoms with E-state index >= 15 is 0 Å². The minimum atomic E-state index is -0.645. The first-order chi connectivity index (χ1) is 14.9. The number of hydrogen-bond acceptors (Lipinski definition) is 2. The molecule has 0 saturated heterocycles. The van der Waals surface area contributed by atoms with E-state index in [9.17, 15) is 0 Å². The second-order valence-electron chi connectivity index (χ2n) is 7.21. The highest BCUT2D eigenvalue weighted by atomic mass is 31.1. The molecular weight excluding hydrogens is 383 g/mol. The van der Waals surface area contributed by atoms with E-state index in [1.54, 1.807) is 0 Å². The fourth-order valence-corrected chi connectivity index (χ4v) is 6.30. The van der Waals surface area contributed by atoms with Crippen LogP contribution in [0.15, 0.2) is 128 Å². The second kappa shape index (κ2) is 8.57. The zero-order chi connectivity index (χ0) is 20.2. The van der Waals surface area contributed by atoms with Gasteiger partial charge in [-0.2, -0.15) is 0 Å². The van der Waals surface area contributed by atoms with Gasteiger partial charge in [0, 0.05) is 23.4 Å². The van der Waals surface area contributed by atoms with Crippen molar-refractivity contribution in [2.45, 2.75) is 0 Å². The van der Waals surface area contributed by atoms with E-state index in [2.05, 4.69) is 137 Å². The summed E-state index contributed by atoms with van der Waals surface area (Å²) >= 11 is 0. The van der Waals surface area contributed by atoms with Gasteiger partial charge in [-0.3, -0.25) is 0 Å². The molecule has 146 valence electrons. The van der Waals surface area contributed by atoms with Crippen LogP contribution in [-0.4, -0.2) is 6.67 Å². The highest BCUT2D eigenvalue weighted by Gasteiger charge is 2.23. The lowest BCUT2D eigenvalue weighted by Crippen LogP contribution is -2.30. The molecule has 1 aliphatic rings. The van der Waals surface area contributed by atoms with E-state index in [4.69, 9.17) is 0 Å². The maximum atomic E-state index is 2.35. The number of para-hydroxylation sites is 2. The Hall–Kier alpha value is -3.35. The van der Waals surface area contributed by atoms with Crippen LogP contribution in [0.2, 0.25) is 0 Å². The zero-order valence-electron chi connectivity index (χ0n) is 16.7. The summed E-state index contributed by atoms with van der Waals surface area (Å²) in [5.41, 5.74) is 2.48. The van der Waals surface area contributed by atoms with Crippen molar-refractivity contribution in [3.05, 3.63) is 128 Å². The SMILES string of the molecule is C1=CN(c2ccccc2P(c2ccccc2)c2ccccc2)CN1c1ccccc1. The first-order valence-corrected chi connectivity index (χ1v) is 11.5. The topological polar surface area (TPSA) is 6.48 Å². The maximum absolute atomic E-state index is 2.35. The summed E-state index contributed by atoms with van der Waals surface area (Å²) < 4.78 is 0. The van der Waals surface area contributed by atoms with Crippen molar-refractivity contribution in [3.8, 4) is 0 Å². The molecule has 0 atom stereocenters. The van der Waals surface area contributed by atoms with Crippen LogP contribution in [0.3, 0.4) is 0 Å². The van der Waals surface area contributed by atoms with Gasteiger partial charge in [0.1, 0.15) is 0 Å². The average molecular weight is 406 g/mol. The molecular formula is C27H23N2P. The molecule has 2 nitrogen and oxygen atoms in total. The summed E-state index contributed by atoms with van der Waals surface area (Å²) in [5.74, 6) is 0. The molecule has 1 aliphatic heterocycles. The van der Waals surface area contributed by atoms with Crippen LogP contribution in [0, 0.1) is 0 Å². The van der Waals surface area contributed by atoms with Gasteiger partial charge >= 0.3 is 0 Å². The maximum Gasteiger partial charge on any atom is 0.0989 e. The Morgan fingerprint density at radius 2 is 1.00 bits per heavy atom. The van der Waals surface area contributed by atoms with E-state index in [1.165, 1.54) is 27.3 Å². The molecule has 0 bridgehead atoms. The van der Waals surface area contributed by atoms with Crippen LogP contribution in [0.1, 0.15) is 0 Å². The largest absolute Gasteiger partial charge is 0.328 e. The van der Waals surface area contributed by atoms with E-state index in [0.29, 0.717) is 0 Å². The molecule has 0 fully saturated rings. The summed E-state index contributed by atoms with van der Waals surface area (Å²) in [7, 11) is -0.645. The normalized spacial score (nSPS) is 13.2. The van der Waals surface area contributed by atoms with E-state index < -0.39 is 7.92 Å². The van der Waals surface area contributed by atoms with Crippen LogP contribution in [-0.2, 0) is 0 Å². The summed E-state index contributed by atoms with van der Waals surface area (Å²) in [6, 6.07) is 41.2. The standard InChI is InChI=1S/C27H23N2P/c1-4-12-23(13-5-1)28-20-21-29(22-28)26-18-10-11-19-27(26)30(24-14-6-2-7-15-24)25-16-8-3-9-17-25/h1-21H,22H2. The van der Waals surface area contributed by atoms with Crippen molar-refractivity contribution < 1.29 is 0 Å². The van der Waals surface area contributed by atoms with E-state index in [0.717, 1.165) is 6.67 Å². The molecule has 5 rings (SSSR count). The monoisotopic (exact) mass is 406 g/mol. The van der Waals surface area contributed by atoms with Gasteiger partial charge in [0.15, 0.2) is 0 Å². The van der Waals surface area contributed by atoms with Crippen LogP contribution < -0.4 is 25.7 Å². The van der Waals surface area contributed by atoms with E-state index in [-0.39, 0.29) is 0 Å². The Morgan fingerprint density at radius 1 is 0.500 bits per heavy atom. The highest BCUT2D eigenvalue weighted by molar-refractivity contribution is 7.80. The smallest absolute Gasteiger partial charge is 0.0989 e. The van der Waals surface area contributed by atoms with Gasteiger partial charge in [-0.15, -0.1) is 0 Å². The number of nitrogens with zero attached hydrogens (tertiary/aromatic N) is 2. The van der Waals surface area contributed by atoms with Gasteiger partial charge in [0.05, 0.1) is 12.4 Å². The lowest BCUT2D eigenvalue weighted by Gasteiger charge is -2.27. The molecule has 0 saturated carbocycles. The van der Waals surface area contributed by atoms with Gasteiger partial charge < -0.3 is 9.80 Å². The molecule has 4 aromatic carbocycles. The molecule has 0 unspecified atom stereocenters. The molecule has 4 aromatic rings. The van der Waals surface area contributed by atoms with Gasteiger partial charge in [0.25, 0.3) is 0 Å². The molecule has 30 heavy (non-hydrogen) atoms. The van der Waals surface area contributed by atoms with Gasteiger partial charge in [-0.25, -0.2) is 0 Å². The summed E-state index contributed by atoms with van der Waals surface area (Å²) in [6.45, 7) is 0.813. The second-order valence-corrected chi connectivity index (χ2v) is 9.40. The van der Waals surface area contributed by atoms with E-state index in [1.807, 2.05) is 0 Å². The van der Waals surface area contributed by atoms with Crippen LogP contribution in [0.4, 0.5) is 11.4 Å². The fourth-order valence-electron chi connectivity index (χ4n) is 3.84. The van der Waals surface area contributed by atoms with Crippen molar-refractivity contribution >= 4 is 35.2 Å². The number of rotatable bonds is 5. The predicted molar refractivity (Wildman–Crippen MR) is 131 cm³/mol. The van der Waals surface area contributed by atoms with Crippen LogP contribution >= 0.6 is 7.92 Å². The van der Waals surface area contributed by atoms with Crippen LogP contribution in [0.25, 0.3) is 0 Å². The third kappa shape index (κ3) is 3.75. The van der Waals surface area contributed by atoms with Gasteiger partial charge in [-0.05, 0) is 36.7 Å². The quantitative estimate of drug-likeness (QED) is 0.421. The molecule has 0 spiro atoms. The number of anilines is 2. The fraction of sp³-hybridized carbons (Fsp3) is 0.0370. The minimum Gasteiger partial charge on any atom is -0.328 e. The first-order valence-electron chi connectivity index (χ1n) is 10.2. The predicted octanol–water partition coefficient (Wildman–Crippen LogP) is 5.20. The van der Waals surface area contributed by atoms with Crippen molar-refractivity contribution in [2.75, 3.05) is 16.5 Å². The van der Waals surface area contributed by atoms with Crippen molar-refractivity contribution in [1.82, 2.24) is 0 Å². The Kier molecular flexibility index (Phi) is 5.33. The first kappa shape index (κ1) is 18.7. The number of benzene rings is 4. The lowest BCUT2D eigenvalue weighted by atomic mass is 10.3. The van der Waals surface area contributed by atoms with Gasteiger partial charge in [-0.1, -0.05) is 97.1 Å². The third-order valence-corrected chi connectivity index (χ3v) is 7.77.